The van der Waals surface area contributed by atoms with Gasteiger partial charge in [-0.25, -0.2) is 0 Å². The molecule has 130 valence electrons. The van der Waals surface area contributed by atoms with Crippen LogP contribution in [0, 0.1) is 37.8 Å². The molecule has 3 rings (SSSR count). The Balaban J connectivity index is 2.36. The molecule has 1 aromatic carbocycles. The Kier molecular flexibility index (Phi) is 4.16. The molecule has 0 N–H and O–H groups in total. The van der Waals surface area contributed by atoms with Crippen LogP contribution in [0.3, 0.4) is 0 Å². The predicted molar refractivity (Wildman–Crippen MR) is 95.6 cm³/mol. The number of nitro benzene ring substituents is 1. The molecule has 0 atom stereocenters. The molecular formula is C18H20N4O3. The molecule has 2 aromatic heterocycles. The molecule has 3 aromatic rings. The predicted octanol–water partition coefficient (Wildman–Crippen LogP) is 3.96. The van der Waals surface area contributed by atoms with E-state index < -0.39 is 0 Å². The van der Waals surface area contributed by atoms with E-state index in [1.807, 2.05) is 39.2 Å². The lowest BCUT2D eigenvalue weighted by atomic mass is 10.1. The average Bonchev–Trinajstić information content (AvgIpc) is 2.83. The first-order valence-electron chi connectivity index (χ1n) is 8.09. The highest BCUT2D eigenvalue weighted by molar-refractivity contribution is 5.92. The van der Waals surface area contributed by atoms with Gasteiger partial charge >= 0.3 is 0 Å². The number of hydrogen-bond donors (Lipinski definition) is 0. The molecule has 0 saturated carbocycles. The Labute approximate surface area is 145 Å². The number of nitrogens with zero attached hydrogens (tertiary/aromatic N) is 4. The number of rotatable bonds is 4. The number of ether oxygens (including phenoxy) is 1. The summed E-state index contributed by atoms with van der Waals surface area (Å²) in [5, 5.41) is 22.0. The quantitative estimate of drug-likeness (QED) is 0.530. The fourth-order valence-corrected chi connectivity index (χ4v) is 3.43. The Morgan fingerprint density at radius 3 is 2.12 bits per heavy atom. The normalized spacial score (nSPS) is 11.1. The van der Waals surface area contributed by atoms with Gasteiger partial charge in [0.1, 0.15) is 11.4 Å². The van der Waals surface area contributed by atoms with Crippen LogP contribution in [-0.4, -0.2) is 26.3 Å². The summed E-state index contributed by atoms with van der Waals surface area (Å²) in [5.74, 6) is 0.487. The summed E-state index contributed by atoms with van der Waals surface area (Å²) in [6.45, 7) is 10.00. The highest BCUT2D eigenvalue weighted by Gasteiger charge is 2.23. The number of aromatic nitrogens is 3. The van der Waals surface area contributed by atoms with Crippen molar-refractivity contribution >= 4 is 16.5 Å². The van der Waals surface area contributed by atoms with Crippen LogP contribution >= 0.6 is 0 Å². The maximum absolute atomic E-state index is 11.6. The van der Waals surface area contributed by atoms with E-state index in [1.165, 1.54) is 6.07 Å². The van der Waals surface area contributed by atoms with Crippen molar-refractivity contribution in [1.29, 1.82) is 0 Å². The third-order valence-electron chi connectivity index (χ3n) is 4.41. The van der Waals surface area contributed by atoms with Gasteiger partial charge in [0.2, 0.25) is 0 Å². The molecule has 2 heterocycles. The first-order valence-corrected chi connectivity index (χ1v) is 8.09. The molecule has 0 saturated heterocycles. The van der Waals surface area contributed by atoms with Gasteiger partial charge in [0.25, 0.3) is 5.69 Å². The number of benzene rings is 1. The van der Waals surface area contributed by atoms with Crippen LogP contribution in [0.4, 0.5) is 5.69 Å². The van der Waals surface area contributed by atoms with Crippen LogP contribution in [0.5, 0.6) is 5.75 Å². The van der Waals surface area contributed by atoms with Gasteiger partial charge in [-0.15, -0.1) is 0 Å². The second-order valence-corrected chi connectivity index (χ2v) is 5.97. The first-order chi connectivity index (χ1) is 11.9. The van der Waals surface area contributed by atoms with Gasteiger partial charge in [-0.2, -0.15) is 10.2 Å². The molecule has 0 aliphatic carbocycles. The third kappa shape index (κ3) is 2.61. The number of nitro groups is 1. The van der Waals surface area contributed by atoms with Crippen LogP contribution in [-0.2, 0) is 0 Å². The minimum absolute atomic E-state index is 0.00804. The molecule has 25 heavy (non-hydrogen) atoms. The molecule has 0 bridgehead atoms. The third-order valence-corrected chi connectivity index (χ3v) is 4.41. The maximum atomic E-state index is 11.6. The van der Waals surface area contributed by atoms with Crippen LogP contribution < -0.4 is 4.74 Å². The van der Waals surface area contributed by atoms with Gasteiger partial charge in [0.15, 0.2) is 0 Å². The monoisotopic (exact) mass is 340 g/mol. The highest BCUT2D eigenvalue weighted by Crippen LogP contribution is 2.36. The Bertz CT molecular complexity index is 947. The zero-order valence-electron chi connectivity index (χ0n) is 15.0. The van der Waals surface area contributed by atoms with Crippen molar-refractivity contribution in [3.05, 3.63) is 51.1 Å². The molecule has 0 unspecified atom stereocenters. The lowest BCUT2D eigenvalue weighted by Gasteiger charge is -2.11. The van der Waals surface area contributed by atoms with Gasteiger partial charge < -0.3 is 9.30 Å². The standard InChI is InChI=1S/C18H20N4O3/c1-6-25-14-7-8-15(16(9-14)22(23)24)21-12(4)17-10(2)19-20-11(3)18(17)13(21)5/h7-9H,6H2,1-5H3. The summed E-state index contributed by atoms with van der Waals surface area (Å²) in [7, 11) is 0. The summed E-state index contributed by atoms with van der Waals surface area (Å²) in [4.78, 5) is 11.3. The molecule has 7 heteroatoms. The zero-order valence-corrected chi connectivity index (χ0v) is 15.0. The number of hydrogen-bond acceptors (Lipinski definition) is 5. The minimum atomic E-state index is -0.377. The molecule has 0 fully saturated rings. The summed E-state index contributed by atoms with van der Waals surface area (Å²) in [6.07, 6.45) is 0. The summed E-state index contributed by atoms with van der Waals surface area (Å²) in [5.41, 5.74) is 3.97. The smallest absolute Gasteiger partial charge is 0.296 e. The van der Waals surface area contributed by atoms with E-state index >= 15 is 0 Å². The Hall–Kier alpha value is -2.96. The van der Waals surface area contributed by atoms with Gasteiger partial charge in [-0.3, -0.25) is 10.1 Å². The first kappa shape index (κ1) is 16.9. The van der Waals surface area contributed by atoms with E-state index in [9.17, 15) is 10.1 Å². The topological polar surface area (TPSA) is 83.1 Å². The molecule has 0 spiro atoms. The average molecular weight is 340 g/mol. The van der Waals surface area contributed by atoms with Crippen molar-refractivity contribution < 1.29 is 9.66 Å². The summed E-state index contributed by atoms with van der Waals surface area (Å²) >= 11 is 0. The maximum Gasteiger partial charge on any atom is 0.296 e. The SMILES string of the molecule is CCOc1ccc(-n2c(C)c3c(C)nnc(C)c3c2C)c([N+](=O)[O-])c1. The van der Waals surface area contributed by atoms with Crippen LogP contribution in [0.15, 0.2) is 18.2 Å². The van der Waals surface area contributed by atoms with Crippen LogP contribution in [0.1, 0.15) is 29.7 Å². The minimum Gasteiger partial charge on any atom is -0.494 e. The Morgan fingerprint density at radius 1 is 1.08 bits per heavy atom. The van der Waals surface area contributed by atoms with E-state index in [-0.39, 0.29) is 10.6 Å². The van der Waals surface area contributed by atoms with Gasteiger partial charge in [-0.05, 0) is 46.8 Å². The van der Waals surface area contributed by atoms with Crippen molar-refractivity contribution in [2.75, 3.05) is 6.61 Å². The number of fused-ring (bicyclic) bond motifs is 1. The molecular weight excluding hydrogens is 320 g/mol. The Morgan fingerprint density at radius 2 is 1.64 bits per heavy atom. The largest absolute Gasteiger partial charge is 0.494 e. The van der Waals surface area contributed by atoms with Crippen molar-refractivity contribution in [2.45, 2.75) is 34.6 Å². The highest BCUT2D eigenvalue weighted by atomic mass is 16.6. The van der Waals surface area contributed by atoms with Gasteiger partial charge in [-0.1, -0.05) is 0 Å². The number of aryl methyl sites for hydroxylation is 4. The fraction of sp³-hybridized carbons (Fsp3) is 0.333. The second kappa shape index (κ2) is 6.16. The molecule has 7 nitrogen and oxygen atoms in total. The second-order valence-electron chi connectivity index (χ2n) is 5.97. The van der Waals surface area contributed by atoms with E-state index in [4.69, 9.17) is 4.74 Å². The lowest BCUT2D eigenvalue weighted by molar-refractivity contribution is -0.384. The molecule has 0 amide bonds. The van der Waals surface area contributed by atoms with Gasteiger partial charge in [0, 0.05) is 22.2 Å². The van der Waals surface area contributed by atoms with E-state index in [0.29, 0.717) is 18.0 Å². The fourth-order valence-electron chi connectivity index (χ4n) is 3.43. The van der Waals surface area contributed by atoms with Crippen LogP contribution in [0.2, 0.25) is 0 Å². The summed E-state index contributed by atoms with van der Waals surface area (Å²) < 4.78 is 7.32. The van der Waals surface area contributed by atoms with Gasteiger partial charge in [0.05, 0.1) is 29.0 Å². The van der Waals surface area contributed by atoms with E-state index in [0.717, 1.165) is 33.5 Å². The van der Waals surface area contributed by atoms with E-state index in [1.54, 1.807) is 12.1 Å². The molecule has 0 aliphatic rings. The van der Waals surface area contributed by atoms with Crippen LogP contribution in [0.25, 0.3) is 16.5 Å². The van der Waals surface area contributed by atoms with Crippen molar-refractivity contribution in [3.8, 4) is 11.4 Å². The zero-order chi connectivity index (χ0) is 18.3. The lowest BCUT2D eigenvalue weighted by Crippen LogP contribution is -2.04. The molecule has 0 aliphatic heterocycles. The van der Waals surface area contributed by atoms with Crippen molar-refractivity contribution in [2.24, 2.45) is 0 Å². The van der Waals surface area contributed by atoms with E-state index in [2.05, 4.69) is 10.2 Å². The summed E-state index contributed by atoms with van der Waals surface area (Å²) in [6, 6.07) is 4.96. The molecule has 0 radical (unpaired) electrons. The van der Waals surface area contributed by atoms with Crippen molar-refractivity contribution in [3.63, 3.8) is 0 Å². The van der Waals surface area contributed by atoms with Crippen molar-refractivity contribution in [1.82, 2.24) is 14.8 Å².